The summed E-state index contributed by atoms with van der Waals surface area (Å²) in [7, 11) is 0. The molecule has 0 aliphatic carbocycles. The molecule has 0 saturated carbocycles. The van der Waals surface area contributed by atoms with Gasteiger partial charge >= 0.3 is 0 Å². The highest BCUT2D eigenvalue weighted by Crippen LogP contribution is 2.09. The molecule has 3 aliphatic heterocycles. The predicted octanol–water partition coefficient (Wildman–Crippen LogP) is -0.764. The van der Waals surface area contributed by atoms with E-state index < -0.39 is 0 Å². The van der Waals surface area contributed by atoms with Crippen molar-refractivity contribution < 1.29 is 0 Å². The quantitative estimate of drug-likeness (QED) is 0.514. The van der Waals surface area contributed by atoms with E-state index in [9.17, 15) is 0 Å². The van der Waals surface area contributed by atoms with Crippen LogP contribution >= 0.6 is 0 Å². The van der Waals surface area contributed by atoms with E-state index in [0.29, 0.717) is 5.84 Å². The Bertz CT molecular complexity index is 388. The third-order valence-electron chi connectivity index (χ3n) is 2.00. The number of aliphatic imine (C=N–C) groups is 3. The van der Waals surface area contributed by atoms with Gasteiger partial charge in [0, 0.05) is 0 Å². The van der Waals surface area contributed by atoms with Gasteiger partial charge in [0.25, 0.3) is 0 Å². The van der Waals surface area contributed by atoms with Gasteiger partial charge in [-0.2, -0.15) is 5.10 Å². The first kappa shape index (κ1) is 6.79. The van der Waals surface area contributed by atoms with Gasteiger partial charge in [0.1, 0.15) is 24.3 Å². The molecule has 64 valence electrons. The van der Waals surface area contributed by atoms with Crippen LogP contribution < -0.4 is 5.32 Å². The first-order valence-electron chi connectivity index (χ1n) is 3.94. The molecule has 3 heterocycles. The van der Waals surface area contributed by atoms with E-state index in [1.54, 1.807) is 12.4 Å². The molecule has 0 amide bonds. The summed E-state index contributed by atoms with van der Waals surface area (Å²) in [6, 6.07) is 0.0115. The largest absolute Gasteiger partial charge is 0.276 e. The first-order chi connectivity index (χ1) is 6.43. The van der Waals surface area contributed by atoms with Gasteiger partial charge in [0.15, 0.2) is 5.84 Å². The van der Waals surface area contributed by atoms with Gasteiger partial charge in [-0.25, -0.2) is 15.0 Å². The SMILES string of the molecule is C1=NC=NC2NC3C=NN=C3N=C12. The number of nitrogens with zero attached hydrogens (tertiary/aromatic N) is 5. The third-order valence-corrected chi connectivity index (χ3v) is 2.00. The Labute approximate surface area is 73.9 Å². The van der Waals surface area contributed by atoms with Crippen LogP contribution in [-0.4, -0.2) is 42.5 Å². The summed E-state index contributed by atoms with van der Waals surface area (Å²) in [4.78, 5) is 12.3. The number of hydrogen-bond acceptors (Lipinski definition) is 6. The van der Waals surface area contributed by atoms with Crippen LogP contribution in [0.1, 0.15) is 0 Å². The lowest BCUT2D eigenvalue weighted by atomic mass is 10.2. The third kappa shape index (κ3) is 0.955. The van der Waals surface area contributed by atoms with E-state index >= 15 is 0 Å². The van der Waals surface area contributed by atoms with Crippen LogP contribution in [0.2, 0.25) is 0 Å². The highest BCUT2D eigenvalue weighted by atomic mass is 15.3. The normalized spacial score (nSPS) is 33.8. The van der Waals surface area contributed by atoms with E-state index in [1.165, 1.54) is 6.34 Å². The van der Waals surface area contributed by atoms with Gasteiger partial charge in [-0.15, -0.1) is 5.10 Å². The zero-order valence-electron chi connectivity index (χ0n) is 6.62. The fourth-order valence-electron chi connectivity index (χ4n) is 1.38. The summed E-state index contributed by atoms with van der Waals surface area (Å²) in [5, 5.41) is 10.9. The molecule has 2 unspecified atom stereocenters. The highest BCUT2D eigenvalue weighted by Gasteiger charge is 2.29. The standard InChI is InChI=1S/C7H6N6/c1-4-6(9-3-8-1)11-5-2-10-13-7(5)12-4/h1-3,5-6,11H. The molecule has 6 heteroatoms. The summed E-state index contributed by atoms with van der Waals surface area (Å²) in [6.07, 6.45) is 4.83. The maximum absolute atomic E-state index is 4.28. The molecule has 0 aromatic rings. The van der Waals surface area contributed by atoms with Gasteiger partial charge in [0.05, 0.1) is 12.4 Å². The number of fused-ring (bicyclic) bond motifs is 2. The van der Waals surface area contributed by atoms with Gasteiger partial charge in [-0.05, 0) is 0 Å². The Hall–Kier alpha value is -1.69. The van der Waals surface area contributed by atoms with Crippen molar-refractivity contribution in [1.82, 2.24) is 5.32 Å². The Morgan fingerprint density at radius 3 is 3.38 bits per heavy atom. The van der Waals surface area contributed by atoms with Crippen LogP contribution in [0.3, 0.4) is 0 Å². The Morgan fingerprint density at radius 1 is 1.38 bits per heavy atom. The maximum atomic E-state index is 4.28. The molecule has 0 saturated heterocycles. The number of nitrogens with one attached hydrogen (secondary N) is 1. The predicted molar refractivity (Wildman–Crippen MR) is 51.1 cm³/mol. The Balaban J connectivity index is 2.04. The number of amidine groups is 1. The van der Waals surface area contributed by atoms with Crippen molar-refractivity contribution in [3.8, 4) is 0 Å². The second-order valence-corrected chi connectivity index (χ2v) is 2.85. The van der Waals surface area contributed by atoms with Crippen LogP contribution in [0.25, 0.3) is 0 Å². The molecule has 1 N–H and O–H groups in total. The van der Waals surface area contributed by atoms with E-state index in [2.05, 4.69) is 30.5 Å². The minimum absolute atomic E-state index is 0.0115. The summed E-state index contributed by atoms with van der Waals surface area (Å²) in [5.41, 5.74) is 0.794. The average molecular weight is 174 g/mol. The molecule has 6 nitrogen and oxygen atoms in total. The Kier molecular flexibility index (Phi) is 1.25. The number of rotatable bonds is 0. The van der Waals surface area contributed by atoms with Crippen molar-refractivity contribution in [3.05, 3.63) is 0 Å². The lowest BCUT2D eigenvalue weighted by Crippen LogP contribution is -2.51. The summed E-state index contributed by atoms with van der Waals surface area (Å²) >= 11 is 0. The maximum Gasteiger partial charge on any atom is 0.174 e. The minimum Gasteiger partial charge on any atom is -0.276 e. The van der Waals surface area contributed by atoms with Gasteiger partial charge in [-0.1, -0.05) is 0 Å². The molecule has 0 radical (unpaired) electrons. The molecule has 0 bridgehead atoms. The van der Waals surface area contributed by atoms with Crippen molar-refractivity contribution in [2.24, 2.45) is 25.2 Å². The van der Waals surface area contributed by atoms with Crippen LogP contribution in [0.15, 0.2) is 25.2 Å². The minimum atomic E-state index is -0.0917. The van der Waals surface area contributed by atoms with Crippen molar-refractivity contribution >= 4 is 30.3 Å². The van der Waals surface area contributed by atoms with Crippen LogP contribution in [0, 0.1) is 0 Å². The number of hydrogen-bond donors (Lipinski definition) is 1. The Morgan fingerprint density at radius 2 is 2.38 bits per heavy atom. The first-order valence-corrected chi connectivity index (χ1v) is 3.94. The van der Waals surface area contributed by atoms with Gasteiger partial charge in [-0.3, -0.25) is 5.32 Å². The van der Waals surface area contributed by atoms with Gasteiger partial charge in [0.2, 0.25) is 0 Å². The second kappa shape index (κ2) is 2.40. The topological polar surface area (TPSA) is 73.8 Å². The molecular weight excluding hydrogens is 168 g/mol. The van der Waals surface area contributed by atoms with Crippen LogP contribution in [0.4, 0.5) is 0 Å². The van der Waals surface area contributed by atoms with Crippen molar-refractivity contribution in [1.29, 1.82) is 0 Å². The highest BCUT2D eigenvalue weighted by molar-refractivity contribution is 6.38. The summed E-state index contributed by atoms with van der Waals surface area (Å²) in [5.74, 6) is 0.690. The van der Waals surface area contributed by atoms with Crippen LogP contribution in [0.5, 0.6) is 0 Å². The molecule has 0 spiro atoms. The molecule has 0 aromatic heterocycles. The van der Waals surface area contributed by atoms with Crippen LogP contribution in [-0.2, 0) is 0 Å². The average Bonchev–Trinajstić information content (AvgIpc) is 2.61. The smallest absolute Gasteiger partial charge is 0.174 e. The van der Waals surface area contributed by atoms with Crippen molar-refractivity contribution in [2.75, 3.05) is 0 Å². The van der Waals surface area contributed by atoms with E-state index in [0.717, 1.165) is 5.71 Å². The second-order valence-electron chi connectivity index (χ2n) is 2.85. The molecule has 13 heavy (non-hydrogen) atoms. The fraction of sp³-hybridized carbons (Fsp3) is 0.286. The zero-order chi connectivity index (χ0) is 8.67. The summed E-state index contributed by atoms with van der Waals surface area (Å²) in [6.45, 7) is 0. The lowest BCUT2D eigenvalue weighted by Gasteiger charge is -2.23. The van der Waals surface area contributed by atoms with E-state index in [1.807, 2.05) is 0 Å². The van der Waals surface area contributed by atoms with Crippen molar-refractivity contribution in [2.45, 2.75) is 12.2 Å². The van der Waals surface area contributed by atoms with Crippen molar-refractivity contribution in [3.63, 3.8) is 0 Å². The van der Waals surface area contributed by atoms with E-state index in [4.69, 9.17) is 0 Å². The zero-order valence-corrected chi connectivity index (χ0v) is 6.62. The summed E-state index contributed by atoms with van der Waals surface area (Å²) < 4.78 is 0. The molecule has 2 atom stereocenters. The van der Waals surface area contributed by atoms with E-state index in [-0.39, 0.29) is 12.2 Å². The monoisotopic (exact) mass is 174 g/mol. The lowest BCUT2D eigenvalue weighted by molar-refractivity contribution is 0.658. The molecule has 3 rings (SSSR count). The van der Waals surface area contributed by atoms with Gasteiger partial charge < -0.3 is 0 Å². The fourth-order valence-corrected chi connectivity index (χ4v) is 1.38. The molecule has 0 aromatic carbocycles. The molecule has 3 aliphatic rings. The molecule has 0 fully saturated rings. The molecular formula is C7H6N6.